The normalized spacial score (nSPS) is 11.7. The Kier molecular flexibility index (Phi) is 6.43. The van der Waals surface area contributed by atoms with Crippen molar-refractivity contribution in [2.24, 2.45) is 0 Å². The predicted molar refractivity (Wildman–Crippen MR) is 107 cm³/mol. The minimum Gasteiger partial charge on any atom is -0.489 e. The van der Waals surface area contributed by atoms with Crippen molar-refractivity contribution < 1.29 is 24.1 Å². The zero-order valence-electron chi connectivity index (χ0n) is 16.5. The summed E-state index contributed by atoms with van der Waals surface area (Å²) in [6.07, 6.45) is -0.992. The third kappa shape index (κ3) is 5.00. The molecule has 3 aromatic rings. The molecule has 1 amide bonds. The number of carbonyl (C=O) groups is 1. The van der Waals surface area contributed by atoms with Crippen LogP contribution in [0.1, 0.15) is 39.0 Å². The number of hydrogen-bond acceptors (Lipinski definition) is 7. The van der Waals surface area contributed by atoms with Gasteiger partial charge in [0.05, 0.1) is 22.3 Å². The lowest BCUT2D eigenvalue weighted by Crippen LogP contribution is -2.28. The zero-order valence-corrected chi connectivity index (χ0v) is 16.5. The first-order valence-electron chi connectivity index (χ1n) is 9.20. The molecule has 0 aliphatic carbocycles. The molecule has 9 heteroatoms. The number of nitrogens with zero attached hydrogens (tertiary/aromatic N) is 2. The number of nitro benzene ring substituents is 1. The van der Waals surface area contributed by atoms with Crippen LogP contribution in [0, 0.1) is 24.0 Å². The summed E-state index contributed by atoms with van der Waals surface area (Å²) >= 11 is 0. The third-order valence-corrected chi connectivity index (χ3v) is 4.61. The number of nitrogens with one attached hydrogen (secondary N) is 1. The molecular weight excluding hydrogens is 390 g/mol. The van der Waals surface area contributed by atoms with Crippen molar-refractivity contribution in [3.8, 4) is 5.75 Å². The van der Waals surface area contributed by atoms with Gasteiger partial charge in [-0.1, -0.05) is 11.2 Å². The number of carbonyl (C=O) groups excluding carboxylic acids is 1. The maximum atomic E-state index is 12.4. The van der Waals surface area contributed by atoms with E-state index in [1.54, 1.807) is 31.2 Å². The molecule has 1 atom stereocenters. The van der Waals surface area contributed by atoms with Gasteiger partial charge in [0.15, 0.2) is 0 Å². The second-order valence-electron chi connectivity index (χ2n) is 6.69. The van der Waals surface area contributed by atoms with Gasteiger partial charge >= 0.3 is 0 Å². The summed E-state index contributed by atoms with van der Waals surface area (Å²) in [7, 11) is 0. The fraction of sp³-hybridized carbons (Fsp3) is 0.238. The smallest absolute Gasteiger partial charge is 0.269 e. The SMILES string of the molecule is Cc1noc(C)c1COc1cccc(C(=O)NC[C@@H](O)c2ccc([N+](=O)[O-])cc2)c1. The summed E-state index contributed by atoms with van der Waals surface area (Å²) < 4.78 is 10.8. The molecule has 1 aromatic heterocycles. The van der Waals surface area contributed by atoms with Crippen molar-refractivity contribution in [2.45, 2.75) is 26.6 Å². The highest BCUT2D eigenvalue weighted by Crippen LogP contribution is 2.20. The lowest BCUT2D eigenvalue weighted by atomic mass is 10.1. The van der Waals surface area contributed by atoms with E-state index in [0.717, 1.165) is 11.3 Å². The quantitative estimate of drug-likeness (QED) is 0.430. The summed E-state index contributed by atoms with van der Waals surface area (Å²) in [5, 5.41) is 27.4. The minimum absolute atomic E-state index is 0.0409. The van der Waals surface area contributed by atoms with E-state index in [9.17, 15) is 20.0 Å². The van der Waals surface area contributed by atoms with Crippen molar-refractivity contribution in [2.75, 3.05) is 6.54 Å². The topological polar surface area (TPSA) is 128 Å². The van der Waals surface area contributed by atoms with Gasteiger partial charge in [0, 0.05) is 24.2 Å². The number of ether oxygens (including phenoxy) is 1. The Balaban J connectivity index is 1.57. The Bertz CT molecular complexity index is 1030. The maximum Gasteiger partial charge on any atom is 0.269 e. The molecule has 0 unspecified atom stereocenters. The number of amides is 1. The van der Waals surface area contributed by atoms with Gasteiger partial charge in [0.25, 0.3) is 11.6 Å². The first-order chi connectivity index (χ1) is 14.3. The van der Waals surface area contributed by atoms with Gasteiger partial charge in [0.2, 0.25) is 0 Å². The predicted octanol–water partition coefficient (Wildman–Crippen LogP) is 3.24. The number of hydrogen-bond donors (Lipinski definition) is 2. The molecule has 9 nitrogen and oxygen atoms in total. The molecule has 156 valence electrons. The van der Waals surface area contributed by atoms with Crippen LogP contribution in [-0.2, 0) is 6.61 Å². The van der Waals surface area contributed by atoms with Gasteiger partial charge in [0.1, 0.15) is 18.1 Å². The van der Waals surface area contributed by atoms with E-state index >= 15 is 0 Å². The Morgan fingerprint density at radius 3 is 2.63 bits per heavy atom. The van der Waals surface area contributed by atoms with E-state index in [2.05, 4.69) is 10.5 Å². The van der Waals surface area contributed by atoms with Gasteiger partial charge in [-0.15, -0.1) is 0 Å². The Morgan fingerprint density at radius 1 is 1.27 bits per heavy atom. The van der Waals surface area contributed by atoms with Crippen LogP contribution in [0.25, 0.3) is 0 Å². The van der Waals surface area contributed by atoms with Crippen molar-refractivity contribution >= 4 is 11.6 Å². The van der Waals surface area contributed by atoms with Crippen molar-refractivity contribution in [1.29, 1.82) is 0 Å². The van der Waals surface area contributed by atoms with E-state index in [1.807, 2.05) is 6.92 Å². The number of aryl methyl sites for hydroxylation is 2. The molecule has 30 heavy (non-hydrogen) atoms. The number of benzene rings is 2. The molecule has 0 aliphatic heterocycles. The Labute approximate surface area is 172 Å². The second-order valence-corrected chi connectivity index (χ2v) is 6.69. The highest BCUT2D eigenvalue weighted by Gasteiger charge is 2.14. The highest BCUT2D eigenvalue weighted by molar-refractivity contribution is 5.94. The van der Waals surface area contributed by atoms with Crippen LogP contribution in [-0.4, -0.2) is 27.6 Å². The zero-order chi connectivity index (χ0) is 21.7. The second kappa shape index (κ2) is 9.19. The first kappa shape index (κ1) is 21.0. The van der Waals surface area contributed by atoms with Crippen LogP contribution >= 0.6 is 0 Å². The van der Waals surface area contributed by atoms with Crippen molar-refractivity contribution in [1.82, 2.24) is 10.5 Å². The van der Waals surface area contributed by atoms with Crippen molar-refractivity contribution in [3.05, 3.63) is 86.8 Å². The maximum absolute atomic E-state index is 12.4. The van der Waals surface area contributed by atoms with E-state index in [-0.39, 0.29) is 24.7 Å². The number of rotatable bonds is 8. The first-order valence-corrected chi connectivity index (χ1v) is 9.20. The van der Waals surface area contributed by atoms with Gasteiger partial charge in [-0.05, 0) is 49.7 Å². The van der Waals surface area contributed by atoms with Crippen molar-refractivity contribution in [3.63, 3.8) is 0 Å². The summed E-state index contributed by atoms with van der Waals surface area (Å²) in [5.74, 6) is 0.818. The van der Waals surface area contributed by atoms with Crippen LogP contribution in [0.2, 0.25) is 0 Å². The number of aliphatic hydroxyl groups is 1. The molecule has 0 aliphatic rings. The third-order valence-electron chi connectivity index (χ3n) is 4.61. The highest BCUT2D eigenvalue weighted by atomic mass is 16.6. The monoisotopic (exact) mass is 411 g/mol. The molecule has 3 rings (SSSR count). The van der Waals surface area contributed by atoms with E-state index < -0.39 is 11.0 Å². The summed E-state index contributed by atoms with van der Waals surface area (Å²) in [6.45, 7) is 3.86. The van der Waals surface area contributed by atoms with Gasteiger partial charge in [-0.2, -0.15) is 0 Å². The van der Waals surface area contributed by atoms with Crippen LogP contribution in [0.3, 0.4) is 0 Å². The average molecular weight is 411 g/mol. The van der Waals surface area contributed by atoms with Crippen LogP contribution in [0.4, 0.5) is 5.69 Å². The molecule has 0 saturated carbocycles. The fourth-order valence-corrected chi connectivity index (χ4v) is 2.82. The largest absolute Gasteiger partial charge is 0.489 e. The van der Waals surface area contributed by atoms with E-state index in [4.69, 9.17) is 9.26 Å². The standard InChI is InChI=1S/C21H21N3O6/c1-13-19(14(2)30-23-13)12-29-18-5-3-4-16(10-18)21(26)22-11-20(25)15-6-8-17(9-7-15)24(27)28/h3-10,20,25H,11-12H2,1-2H3,(H,22,26)/t20-/m1/s1. The lowest BCUT2D eigenvalue weighted by Gasteiger charge is -2.13. The molecular formula is C21H21N3O6. The fourth-order valence-electron chi connectivity index (χ4n) is 2.82. The van der Waals surface area contributed by atoms with Crippen LogP contribution < -0.4 is 10.1 Å². The Hall–Kier alpha value is -3.72. The van der Waals surface area contributed by atoms with Crippen LogP contribution in [0.5, 0.6) is 5.75 Å². The molecule has 0 spiro atoms. The molecule has 0 bridgehead atoms. The summed E-state index contributed by atoms with van der Waals surface area (Å²) in [4.78, 5) is 22.6. The van der Waals surface area contributed by atoms with E-state index in [1.165, 1.54) is 24.3 Å². The summed E-state index contributed by atoms with van der Waals surface area (Å²) in [5.41, 5.74) is 2.39. The Morgan fingerprint density at radius 2 is 2.00 bits per heavy atom. The van der Waals surface area contributed by atoms with Gasteiger partial charge < -0.3 is 19.7 Å². The molecule has 2 aromatic carbocycles. The molecule has 0 fully saturated rings. The van der Waals surface area contributed by atoms with Gasteiger partial charge in [-0.3, -0.25) is 14.9 Å². The average Bonchev–Trinajstić information content (AvgIpc) is 3.07. The molecule has 1 heterocycles. The number of aliphatic hydroxyl groups excluding tert-OH is 1. The lowest BCUT2D eigenvalue weighted by molar-refractivity contribution is -0.384. The van der Waals surface area contributed by atoms with Gasteiger partial charge in [-0.25, -0.2) is 0 Å². The molecule has 2 N–H and O–H groups in total. The summed E-state index contributed by atoms with van der Waals surface area (Å²) in [6, 6.07) is 12.2. The van der Waals surface area contributed by atoms with E-state index in [0.29, 0.717) is 22.6 Å². The molecule has 0 radical (unpaired) electrons. The minimum atomic E-state index is -0.992. The van der Waals surface area contributed by atoms with Crippen LogP contribution in [0.15, 0.2) is 53.1 Å². The molecule has 0 saturated heterocycles. The number of nitro groups is 1. The number of non-ortho nitro benzene ring substituents is 1. The number of aromatic nitrogens is 1.